The van der Waals surface area contributed by atoms with E-state index in [4.69, 9.17) is 0 Å². The highest BCUT2D eigenvalue weighted by atomic mass is 16.2. The van der Waals surface area contributed by atoms with E-state index in [1.165, 1.54) is 57.8 Å². The number of amides is 2. The number of hydrogen-bond acceptors (Lipinski definition) is 1. The fourth-order valence-electron chi connectivity index (χ4n) is 2.90. The Balaban J connectivity index is 2.20. The zero-order valence-electron chi connectivity index (χ0n) is 13.1. The molecule has 1 saturated carbocycles. The molecule has 0 aliphatic heterocycles. The van der Waals surface area contributed by atoms with E-state index in [-0.39, 0.29) is 6.03 Å². The van der Waals surface area contributed by atoms with Gasteiger partial charge in [0.15, 0.2) is 0 Å². The zero-order valence-corrected chi connectivity index (χ0v) is 13.1. The van der Waals surface area contributed by atoms with Crippen LogP contribution in [0.2, 0.25) is 0 Å². The summed E-state index contributed by atoms with van der Waals surface area (Å²) in [5.41, 5.74) is 0. The average molecular weight is 268 g/mol. The molecule has 1 N–H and O–H groups in total. The Kier molecular flexibility index (Phi) is 7.92. The molecular weight excluding hydrogens is 236 g/mol. The van der Waals surface area contributed by atoms with Gasteiger partial charge in [-0.1, -0.05) is 51.9 Å². The normalized spacial score (nSPS) is 18.1. The zero-order chi connectivity index (χ0) is 14.1. The average Bonchev–Trinajstić information content (AvgIpc) is 2.43. The Hall–Kier alpha value is -0.730. The molecule has 19 heavy (non-hydrogen) atoms. The molecule has 0 bridgehead atoms. The Bertz CT molecular complexity index is 249. The molecule has 1 aliphatic rings. The van der Waals surface area contributed by atoms with E-state index in [1.54, 1.807) is 0 Å². The molecule has 2 amide bonds. The maximum absolute atomic E-state index is 12.2. The van der Waals surface area contributed by atoms with E-state index < -0.39 is 0 Å². The van der Waals surface area contributed by atoms with Crippen LogP contribution in [0.1, 0.15) is 78.1 Å². The van der Waals surface area contributed by atoms with E-state index in [0.717, 1.165) is 6.42 Å². The van der Waals surface area contributed by atoms with Crippen LogP contribution in [0.15, 0.2) is 0 Å². The SMILES string of the molecule is CCCCCCC(C)NC(=O)N(C)C1CCCCC1. The van der Waals surface area contributed by atoms with Crippen LogP contribution in [0.4, 0.5) is 4.79 Å². The lowest BCUT2D eigenvalue weighted by atomic mass is 9.95. The molecule has 0 aromatic rings. The quantitative estimate of drug-likeness (QED) is 0.685. The number of carbonyl (C=O) groups excluding carboxylic acids is 1. The summed E-state index contributed by atoms with van der Waals surface area (Å²) in [5, 5.41) is 3.14. The molecule has 112 valence electrons. The van der Waals surface area contributed by atoms with Crippen molar-refractivity contribution in [3.05, 3.63) is 0 Å². The monoisotopic (exact) mass is 268 g/mol. The summed E-state index contributed by atoms with van der Waals surface area (Å²) in [6.07, 6.45) is 12.4. The molecule has 0 saturated heterocycles. The van der Waals surface area contributed by atoms with E-state index in [2.05, 4.69) is 19.2 Å². The first-order valence-corrected chi connectivity index (χ1v) is 8.18. The van der Waals surface area contributed by atoms with Crippen LogP contribution in [0, 0.1) is 0 Å². The van der Waals surface area contributed by atoms with Crippen LogP contribution in [0.5, 0.6) is 0 Å². The van der Waals surface area contributed by atoms with Gasteiger partial charge in [-0.15, -0.1) is 0 Å². The van der Waals surface area contributed by atoms with E-state index >= 15 is 0 Å². The van der Waals surface area contributed by atoms with E-state index in [9.17, 15) is 4.79 Å². The molecule has 1 rings (SSSR count). The smallest absolute Gasteiger partial charge is 0.317 e. The lowest BCUT2D eigenvalue weighted by molar-refractivity contribution is 0.170. The molecule has 3 heteroatoms. The van der Waals surface area contributed by atoms with Gasteiger partial charge in [0.2, 0.25) is 0 Å². The maximum Gasteiger partial charge on any atom is 0.317 e. The minimum Gasteiger partial charge on any atom is -0.336 e. The first kappa shape index (κ1) is 16.3. The highest BCUT2D eigenvalue weighted by molar-refractivity contribution is 5.74. The summed E-state index contributed by atoms with van der Waals surface area (Å²) in [7, 11) is 1.95. The Morgan fingerprint density at radius 2 is 1.89 bits per heavy atom. The number of urea groups is 1. The molecule has 1 unspecified atom stereocenters. The number of nitrogens with one attached hydrogen (secondary N) is 1. The molecule has 0 aromatic carbocycles. The van der Waals surface area contributed by atoms with Crippen molar-refractivity contribution in [2.45, 2.75) is 90.1 Å². The first-order valence-electron chi connectivity index (χ1n) is 8.18. The molecule has 1 atom stereocenters. The van der Waals surface area contributed by atoms with Crippen LogP contribution in [-0.4, -0.2) is 30.1 Å². The van der Waals surface area contributed by atoms with Crippen molar-refractivity contribution in [3.63, 3.8) is 0 Å². The molecule has 3 nitrogen and oxygen atoms in total. The topological polar surface area (TPSA) is 32.3 Å². The summed E-state index contributed by atoms with van der Waals surface area (Å²) in [6.45, 7) is 4.35. The van der Waals surface area contributed by atoms with Gasteiger partial charge in [0, 0.05) is 19.1 Å². The van der Waals surface area contributed by atoms with Gasteiger partial charge in [0.25, 0.3) is 0 Å². The van der Waals surface area contributed by atoms with Gasteiger partial charge in [-0.05, 0) is 26.2 Å². The van der Waals surface area contributed by atoms with Gasteiger partial charge in [-0.3, -0.25) is 0 Å². The Morgan fingerprint density at radius 3 is 2.53 bits per heavy atom. The molecule has 0 radical (unpaired) electrons. The van der Waals surface area contributed by atoms with Crippen LogP contribution < -0.4 is 5.32 Å². The predicted octanol–water partition coefficient (Wildman–Crippen LogP) is 4.32. The lowest BCUT2D eigenvalue weighted by Crippen LogP contribution is -2.47. The van der Waals surface area contributed by atoms with Crippen molar-refractivity contribution in [1.82, 2.24) is 10.2 Å². The number of rotatable bonds is 7. The summed E-state index contributed by atoms with van der Waals surface area (Å²) < 4.78 is 0. The van der Waals surface area contributed by atoms with Crippen LogP contribution in [0.3, 0.4) is 0 Å². The summed E-state index contributed by atoms with van der Waals surface area (Å²) in [5.74, 6) is 0. The minimum absolute atomic E-state index is 0.120. The third kappa shape index (κ3) is 6.31. The van der Waals surface area contributed by atoms with Gasteiger partial charge in [0.05, 0.1) is 0 Å². The number of carbonyl (C=O) groups is 1. The standard InChI is InChI=1S/C16H32N2O/c1-4-5-6-8-11-14(2)17-16(19)18(3)15-12-9-7-10-13-15/h14-15H,4-13H2,1-3H3,(H,17,19). The van der Waals surface area contributed by atoms with Gasteiger partial charge >= 0.3 is 6.03 Å². The summed E-state index contributed by atoms with van der Waals surface area (Å²) >= 11 is 0. The molecule has 1 aliphatic carbocycles. The van der Waals surface area contributed by atoms with Crippen LogP contribution in [-0.2, 0) is 0 Å². The minimum atomic E-state index is 0.120. The molecule has 0 aromatic heterocycles. The third-order valence-electron chi connectivity index (χ3n) is 4.30. The molecule has 0 spiro atoms. The van der Waals surface area contributed by atoms with E-state index in [0.29, 0.717) is 12.1 Å². The van der Waals surface area contributed by atoms with Crippen molar-refractivity contribution >= 4 is 6.03 Å². The highest BCUT2D eigenvalue weighted by Crippen LogP contribution is 2.21. The first-order chi connectivity index (χ1) is 9.15. The fourth-order valence-corrected chi connectivity index (χ4v) is 2.90. The van der Waals surface area contributed by atoms with Gasteiger partial charge < -0.3 is 10.2 Å². The summed E-state index contributed by atoms with van der Waals surface area (Å²) in [4.78, 5) is 14.1. The largest absolute Gasteiger partial charge is 0.336 e. The second-order valence-corrected chi connectivity index (χ2v) is 6.10. The Labute approximate surface area is 119 Å². The van der Waals surface area contributed by atoms with Crippen molar-refractivity contribution in [1.29, 1.82) is 0 Å². The maximum atomic E-state index is 12.2. The van der Waals surface area contributed by atoms with Gasteiger partial charge in [0.1, 0.15) is 0 Å². The van der Waals surface area contributed by atoms with Crippen LogP contribution >= 0.6 is 0 Å². The van der Waals surface area contributed by atoms with Crippen molar-refractivity contribution in [2.75, 3.05) is 7.05 Å². The van der Waals surface area contributed by atoms with Gasteiger partial charge in [-0.25, -0.2) is 4.79 Å². The summed E-state index contributed by atoms with van der Waals surface area (Å²) in [6, 6.07) is 0.881. The second-order valence-electron chi connectivity index (χ2n) is 6.10. The number of nitrogens with zero attached hydrogens (tertiary/aromatic N) is 1. The fraction of sp³-hybridized carbons (Fsp3) is 0.938. The van der Waals surface area contributed by atoms with Crippen molar-refractivity contribution in [3.8, 4) is 0 Å². The Morgan fingerprint density at radius 1 is 1.21 bits per heavy atom. The number of unbranched alkanes of at least 4 members (excludes halogenated alkanes) is 3. The molecule has 0 heterocycles. The molecular formula is C16H32N2O. The lowest BCUT2D eigenvalue weighted by Gasteiger charge is -2.32. The van der Waals surface area contributed by atoms with E-state index in [1.807, 2.05) is 11.9 Å². The second kappa shape index (κ2) is 9.22. The van der Waals surface area contributed by atoms with Crippen molar-refractivity contribution in [2.24, 2.45) is 0 Å². The molecule has 1 fully saturated rings. The van der Waals surface area contributed by atoms with Crippen molar-refractivity contribution < 1.29 is 4.79 Å². The predicted molar refractivity (Wildman–Crippen MR) is 81.4 cm³/mol. The van der Waals surface area contributed by atoms with Gasteiger partial charge in [-0.2, -0.15) is 0 Å². The third-order valence-corrected chi connectivity index (χ3v) is 4.30. The van der Waals surface area contributed by atoms with Crippen LogP contribution in [0.25, 0.3) is 0 Å². The highest BCUT2D eigenvalue weighted by Gasteiger charge is 2.22. The number of hydrogen-bond donors (Lipinski definition) is 1.